The summed E-state index contributed by atoms with van der Waals surface area (Å²) < 4.78 is 0. The van der Waals surface area contributed by atoms with Gasteiger partial charge in [-0.1, -0.05) is 6.07 Å². The molecule has 1 saturated carbocycles. The maximum atomic E-state index is 4.52. The van der Waals surface area contributed by atoms with Crippen molar-refractivity contribution in [2.75, 3.05) is 0 Å². The molecule has 1 fully saturated rings. The Kier molecular flexibility index (Phi) is 2.02. The SMILES string of the molecule is c1cnc2c(c1)CCCC2NC1CC1. The average Bonchev–Trinajstić information content (AvgIpc) is 3.03. The molecule has 2 heteroatoms. The Morgan fingerprint density at radius 1 is 1.29 bits per heavy atom. The number of hydrogen-bond acceptors (Lipinski definition) is 2. The van der Waals surface area contributed by atoms with E-state index in [-0.39, 0.29) is 0 Å². The zero-order valence-corrected chi connectivity index (χ0v) is 8.37. The van der Waals surface area contributed by atoms with Gasteiger partial charge in [-0.15, -0.1) is 0 Å². The molecule has 0 bridgehead atoms. The molecule has 2 aliphatic carbocycles. The Balaban J connectivity index is 1.85. The minimum absolute atomic E-state index is 0.535. The molecular formula is C12H16N2. The molecule has 0 aliphatic heterocycles. The second-order valence-corrected chi connectivity index (χ2v) is 4.43. The molecule has 1 aromatic heterocycles. The third-order valence-electron chi connectivity index (χ3n) is 3.21. The highest BCUT2D eigenvalue weighted by Gasteiger charge is 2.28. The van der Waals surface area contributed by atoms with Gasteiger partial charge in [-0.05, 0) is 43.7 Å². The number of aryl methyl sites for hydroxylation is 1. The third kappa shape index (κ3) is 1.55. The van der Waals surface area contributed by atoms with Crippen molar-refractivity contribution in [2.24, 2.45) is 0 Å². The van der Waals surface area contributed by atoms with Gasteiger partial charge in [0.25, 0.3) is 0 Å². The first kappa shape index (κ1) is 8.42. The molecule has 74 valence electrons. The number of aromatic nitrogens is 1. The largest absolute Gasteiger partial charge is 0.306 e. The summed E-state index contributed by atoms with van der Waals surface area (Å²) in [4.78, 5) is 4.52. The molecule has 14 heavy (non-hydrogen) atoms. The molecule has 1 heterocycles. The number of rotatable bonds is 2. The third-order valence-corrected chi connectivity index (χ3v) is 3.21. The average molecular weight is 188 g/mol. The molecule has 0 spiro atoms. The summed E-state index contributed by atoms with van der Waals surface area (Å²) in [6, 6.07) is 5.60. The van der Waals surface area contributed by atoms with Gasteiger partial charge in [0.2, 0.25) is 0 Å². The molecule has 1 unspecified atom stereocenters. The zero-order chi connectivity index (χ0) is 9.38. The highest BCUT2D eigenvalue weighted by atomic mass is 15.0. The van der Waals surface area contributed by atoms with Crippen molar-refractivity contribution in [3.8, 4) is 0 Å². The van der Waals surface area contributed by atoms with E-state index >= 15 is 0 Å². The molecule has 2 aliphatic rings. The van der Waals surface area contributed by atoms with Gasteiger partial charge in [0, 0.05) is 18.3 Å². The Bertz CT molecular complexity index is 331. The molecule has 0 saturated heterocycles. The number of hydrogen-bond donors (Lipinski definition) is 1. The van der Waals surface area contributed by atoms with Gasteiger partial charge >= 0.3 is 0 Å². The van der Waals surface area contributed by atoms with Crippen molar-refractivity contribution < 1.29 is 0 Å². The molecule has 0 amide bonds. The Morgan fingerprint density at radius 3 is 3.07 bits per heavy atom. The number of nitrogens with one attached hydrogen (secondary N) is 1. The lowest BCUT2D eigenvalue weighted by molar-refractivity contribution is 0.446. The normalized spacial score (nSPS) is 25.9. The molecule has 0 radical (unpaired) electrons. The lowest BCUT2D eigenvalue weighted by Crippen LogP contribution is -2.27. The van der Waals surface area contributed by atoms with Gasteiger partial charge in [-0.25, -0.2) is 0 Å². The van der Waals surface area contributed by atoms with Gasteiger partial charge in [0.1, 0.15) is 0 Å². The zero-order valence-electron chi connectivity index (χ0n) is 8.37. The van der Waals surface area contributed by atoms with Crippen molar-refractivity contribution in [1.29, 1.82) is 0 Å². The highest BCUT2D eigenvalue weighted by Crippen LogP contribution is 2.31. The van der Waals surface area contributed by atoms with E-state index in [0.29, 0.717) is 6.04 Å². The van der Waals surface area contributed by atoms with Crippen LogP contribution in [0.15, 0.2) is 18.3 Å². The monoisotopic (exact) mass is 188 g/mol. The van der Waals surface area contributed by atoms with Gasteiger partial charge in [-0.2, -0.15) is 0 Å². The van der Waals surface area contributed by atoms with Crippen molar-refractivity contribution in [3.63, 3.8) is 0 Å². The van der Waals surface area contributed by atoms with Crippen LogP contribution >= 0.6 is 0 Å². The van der Waals surface area contributed by atoms with E-state index in [4.69, 9.17) is 0 Å². The van der Waals surface area contributed by atoms with Crippen LogP contribution in [0.2, 0.25) is 0 Å². The molecule has 3 rings (SSSR count). The van der Waals surface area contributed by atoms with Crippen LogP contribution in [0.25, 0.3) is 0 Å². The molecule has 2 nitrogen and oxygen atoms in total. The summed E-state index contributed by atoms with van der Waals surface area (Å²) >= 11 is 0. The Morgan fingerprint density at radius 2 is 2.21 bits per heavy atom. The maximum absolute atomic E-state index is 4.52. The Labute approximate surface area is 84.7 Å². The first-order valence-electron chi connectivity index (χ1n) is 5.63. The lowest BCUT2D eigenvalue weighted by atomic mass is 9.92. The van der Waals surface area contributed by atoms with Crippen LogP contribution in [0.1, 0.15) is 43.0 Å². The fraction of sp³-hybridized carbons (Fsp3) is 0.583. The van der Waals surface area contributed by atoms with E-state index < -0.39 is 0 Å². The van der Waals surface area contributed by atoms with Gasteiger partial charge in [0.05, 0.1) is 5.69 Å². The van der Waals surface area contributed by atoms with Crippen LogP contribution in [0, 0.1) is 0 Å². The summed E-state index contributed by atoms with van der Waals surface area (Å²) in [5.41, 5.74) is 2.77. The minimum atomic E-state index is 0.535. The summed E-state index contributed by atoms with van der Waals surface area (Å²) in [7, 11) is 0. The number of fused-ring (bicyclic) bond motifs is 1. The topological polar surface area (TPSA) is 24.9 Å². The fourth-order valence-corrected chi connectivity index (χ4v) is 2.31. The first-order valence-corrected chi connectivity index (χ1v) is 5.63. The van der Waals surface area contributed by atoms with Gasteiger partial charge in [0.15, 0.2) is 0 Å². The van der Waals surface area contributed by atoms with Crippen molar-refractivity contribution in [2.45, 2.75) is 44.2 Å². The van der Waals surface area contributed by atoms with Crippen molar-refractivity contribution in [3.05, 3.63) is 29.6 Å². The predicted octanol–water partition coefficient (Wildman–Crippen LogP) is 2.21. The highest BCUT2D eigenvalue weighted by molar-refractivity contribution is 5.25. The smallest absolute Gasteiger partial charge is 0.0605 e. The van der Waals surface area contributed by atoms with E-state index in [2.05, 4.69) is 22.4 Å². The second-order valence-electron chi connectivity index (χ2n) is 4.43. The summed E-state index contributed by atoms with van der Waals surface area (Å²) in [5.74, 6) is 0. The number of pyridine rings is 1. The standard InChI is InChI=1S/C12H16N2/c1-3-9-4-2-8-13-12(9)11(5-1)14-10-6-7-10/h2,4,8,10-11,14H,1,3,5-7H2. The first-order chi connectivity index (χ1) is 6.93. The molecule has 0 aromatic carbocycles. The van der Waals surface area contributed by atoms with Crippen LogP contribution in [-0.4, -0.2) is 11.0 Å². The molecule has 1 aromatic rings. The Hall–Kier alpha value is -0.890. The van der Waals surface area contributed by atoms with E-state index in [0.717, 1.165) is 6.04 Å². The second kappa shape index (κ2) is 3.35. The van der Waals surface area contributed by atoms with Gasteiger partial charge in [-0.3, -0.25) is 4.98 Å². The van der Waals surface area contributed by atoms with E-state index in [1.807, 2.05) is 6.20 Å². The van der Waals surface area contributed by atoms with Crippen LogP contribution in [0.3, 0.4) is 0 Å². The molecular weight excluding hydrogens is 172 g/mol. The van der Waals surface area contributed by atoms with E-state index in [1.165, 1.54) is 43.4 Å². The van der Waals surface area contributed by atoms with Crippen molar-refractivity contribution >= 4 is 0 Å². The van der Waals surface area contributed by atoms with Crippen LogP contribution in [0.4, 0.5) is 0 Å². The summed E-state index contributed by atoms with van der Waals surface area (Å²) in [6.07, 6.45) is 8.43. The van der Waals surface area contributed by atoms with Crippen LogP contribution in [0.5, 0.6) is 0 Å². The lowest BCUT2D eigenvalue weighted by Gasteiger charge is -2.25. The van der Waals surface area contributed by atoms with Gasteiger partial charge < -0.3 is 5.32 Å². The molecule has 1 N–H and O–H groups in total. The predicted molar refractivity (Wildman–Crippen MR) is 56.1 cm³/mol. The van der Waals surface area contributed by atoms with E-state index in [1.54, 1.807) is 0 Å². The maximum Gasteiger partial charge on any atom is 0.0605 e. The fourth-order valence-electron chi connectivity index (χ4n) is 2.31. The quantitative estimate of drug-likeness (QED) is 0.769. The van der Waals surface area contributed by atoms with Crippen LogP contribution < -0.4 is 5.32 Å². The van der Waals surface area contributed by atoms with Crippen LogP contribution in [-0.2, 0) is 6.42 Å². The summed E-state index contributed by atoms with van der Waals surface area (Å²) in [5, 5.41) is 3.69. The molecule has 1 atom stereocenters. The van der Waals surface area contributed by atoms with Crippen molar-refractivity contribution in [1.82, 2.24) is 10.3 Å². The van der Waals surface area contributed by atoms with E-state index in [9.17, 15) is 0 Å². The summed E-state index contributed by atoms with van der Waals surface area (Å²) in [6.45, 7) is 0. The number of nitrogens with zero attached hydrogens (tertiary/aromatic N) is 1. The minimum Gasteiger partial charge on any atom is -0.306 e.